The summed E-state index contributed by atoms with van der Waals surface area (Å²) < 4.78 is 13.4. The molecule has 2 N–H and O–H groups in total. The summed E-state index contributed by atoms with van der Waals surface area (Å²) in [6.45, 7) is 5.19. The summed E-state index contributed by atoms with van der Waals surface area (Å²) in [5, 5.41) is 0. The van der Waals surface area contributed by atoms with E-state index in [4.69, 9.17) is 5.73 Å². The van der Waals surface area contributed by atoms with Crippen molar-refractivity contribution in [1.82, 2.24) is 4.98 Å². The first-order valence-corrected chi connectivity index (χ1v) is 6.80. The van der Waals surface area contributed by atoms with Crippen LogP contribution in [0.3, 0.4) is 0 Å². The number of anilines is 1. The van der Waals surface area contributed by atoms with Gasteiger partial charge in [0, 0.05) is 30.7 Å². The highest BCUT2D eigenvalue weighted by Gasteiger charge is 2.18. The van der Waals surface area contributed by atoms with Crippen LogP contribution in [-0.4, -0.2) is 18.1 Å². The van der Waals surface area contributed by atoms with E-state index in [0.29, 0.717) is 6.54 Å². The number of likely N-dealkylation sites (N-methyl/N-ethyl adjacent to an activating group) is 1. The summed E-state index contributed by atoms with van der Waals surface area (Å²) >= 11 is 0. The topological polar surface area (TPSA) is 42.1 Å². The lowest BCUT2D eigenvalue weighted by molar-refractivity contribution is 0.615. The number of aromatic nitrogens is 1. The van der Waals surface area contributed by atoms with Crippen LogP contribution in [0.1, 0.15) is 24.2 Å². The summed E-state index contributed by atoms with van der Waals surface area (Å²) in [4.78, 5) is 6.41. The number of hydrogen-bond acceptors (Lipinski definition) is 3. The average molecular weight is 273 g/mol. The van der Waals surface area contributed by atoms with Crippen LogP contribution in [0, 0.1) is 12.7 Å². The molecule has 0 aliphatic rings. The summed E-state index contributed by atoms with van der Waals surface area (Å²) in [5.41, 5.74) is 8.78. The minimum absolute atomic E-state index is 0.00472. The van der Waals surface area contributed by atoms with Crippen LogP contribution in [0.4, 0.5) is 10.1 Å². The number of aryl methyl sites for hydroxylation is 1. The molecule has 0 bridgehead atoms. The normalized spacial score (nSPS) is 12.2. The lowest BCUT2D eigenvalue weighted by atomic mass is 10.1. The van der Waals surface area contributed by atoms with Gasteiger partial charge in [-0.3, -0.25) is 4.98 Å². The Balaban J connectivity index is 2.34. The molecule has 0 aliphatic heterocycles. The average Bonchev–Trinajstić information content (AvgIpc) is 2.46. The Hall–Kier alpha value is -1.94. The standard InChI is InChI=1S/C16H20FN3/c1-3-20(15-6-4-5-14(17)9-15)16(10-18)13-8-7-12(2)19-11-13/h4-9,11,16H,3,10,18H2,1-2H3. The van der Waals surface area contributed by atoms with E-state index >= 15 is 0 Å². The van der Waals surface area contributed by atoms with E-state index in [2.05, 4.69) is 9.88 Å². The first-order valence-electron chi connectivity index (χ1n) is 6.80. The fourth-order valence-corrected chi connectivity index (χ4v) is 2.36. The molecule has 0 amide bonds. The number of hydrogen-bond donors (Lipinski definition) is 1. The molecule has 2 aromatic rings. The molecule has 1 aromatic heterocycles. The summed E-state index contributed by atoms with van der Waals surface area (Å²) in [6.07, 6.45) is 1.84. The zero-order valence-electron chi connectivity index (χ0n) is 11.9. The Bertz CT molecular complexity index is 554. The molecule has 20 heavy (non-hydrogen) atoms. The Kier molecular flexibility index (Phi) is 4.69. The fourth-order valence-electron chi connectivity index (χ4n) is 2.36. The van der Waals surface area contributed by atoms with Crippen molar-refractivity contribution < 1.29 is 4.39 Å². The fraction of sp³-hybridized carbons (Fsp3) is 0.312. The van der Waals surface area contributed by atoms with Crippen molar-refractivity contribution in [3.8, 4) is 0 Å². The third-order valence-electron chi connectivity index (χ3n) is 3.40. The number of nitrogens with two attached hydrogens (primary N) is 1. The molecule has 1 aromatic carbocycles. The van der Waals surface area contributed by atoms with Gasteiger partial charge in [-0.25, -0.2) is 4.39 Å². The largest absolute Gasteiger partial charge is 0.363 e. The van der Waals surface area contributed by atoms with Gasteiger partial charge in [0.2, 0.25) is 0 Å². The quantitative estimate of drug-likeness (QED) is 0.910. The van der Waals surface area contributed by atoms with Gasteiger partial charge >= 0.3 is 0 Å². The van der Waals surface area contributed by atoms with Gasteiger partial charge in [0.05, 0.1) is 6.04 Å². The highest BCUT2D eigenvalue weighted by Crippen LogP contribution is 2.26. The summed E-state index contributed by atoms with van der Waals surface area (Å²) in [6, 6.07) is 10.6. The van der Waals surface area contributed by atoms with Gasteiger partial charge in [-0.05, 0) is 43.7 Å². The molecule has 0 fully saturated rings. The highest BCUT2D eigenvalue weighted by atomic mass is 19.1. The van der Waals surface area contributed by atoms with E-state index in [0.717, 1.165) is 23.5 Å². The lowest BCUT2D eigenvalue weighted by Gasteiger charge is -2.32. The maximum atomic E-state index is 13.4. The molecule has 4 heteroatoms. The van der Waals surface area contributed by atoms with Crippen LogP contribution >= 0.6 is 0 Å². The Morgan fingerprint density at radius 2 is 2.10 bits per heavy atom. The van der Waals surface area contributed by atoms with Crippen molar-refractivity contribution in [2.45, 2.75) is 19.9 Å². The molecule has 0 radical (unpaired) electrons. The van der Waals surface area contributed by atoms with Crippen molar-refractivity contribution in [1.29, 1.82) is 0 Å². The van der Waals surface area contributed by atoms with Crippen LogP contribution in [0.25, 0.3) is 0 Å². The van der Waals surface area contributed by atoms with E-state index in [-0.39, 0.29) is 11.9 Å². The Labute approximate surface area is 119 Å². The van der Waals surface area contributed by atoms with Gasteiger partial charge < -0.3 is 10.6 Å². The van der Waals surface area contributed by atoms with Gasteiger partial charge in [0.25, 0.3) is 0 Å². The molecule has 0 saturated carbocycles. The van der Waals surface area contributed by atoms with Crippen molar-refractivity contribution in [3.63, 3.8) is 0 Å². The number of benzene rings is 1. The number of halogens is 1. The van der Waals surface area contributed by atoms with Crippen molar-refractivity contribution in [3.05, 3.63) is 59.7 Å². The van der Waals surface area contributed by atoms with E-state index in [1.807, 2.05) is 38.2 Å². The lowest BCUT2D eigenvalue weighted by Crippen LogP contribution is -2.33. The zero-order chi connectivity index (χ0) is 14.5. The predicted molar refractivity (Wildman–Crippen MR) is 80.2 cm³/mol. The highest BCUT2D eigenvalue weighted by molar-refractivity contribution is 5.49. The van der Waals surface area contributed by atoms with E-state index in [1.54, 1.807) is 6.07 Å². The molecular weight excluding hydrogens is 253 g/mol. The third kappa shape index (κ3) is 3.14. The second-order valence-electron chi connectivity index (χ2n) is 4.75. The molecule has 0 aliphatic carbocycles. The minimum atomic E-state index is -0.237. The van der Waals surface area contributed by atoms with Crippen LogP contribution in [-0.2, 0) is 0 Å². The third-order valence-corrected chi connectivity index (χ3v) is 3.40. The molecule has 1 unspecified atom stereocenters. The van der Waals surface area contributed by atoms with Crippen LogP contribution < -0.4 is 10.6 Å². The van der Waals surface area contributed by atoms with E-state index in [1.165, 1.54) is 12.1 Å². The van der Waals surface area contributed by atoms with Crippen LogP contribution in [0.15, 0.2) is 42.6 Å². The van der Waals surface area contributed by atoms with Crippen molar-refractivity contribution in [2.75, 3.05) is 18.0 Å². The Morgan fingerprint density at radius 1 is 1.30 bits per heavy atom. The predicted octanol–water partition coefficient (Wildman–Crippen LogP) is 3.06. The van der Waals surface area contributed by atoms with Gasteiger partial charge in [-0.2, -0.15) is 0 Å². The molecule has 1 heterocycles. The van der Waals surface area contributed by atoms with Crippen molar-refractivity contribution in [2.24, 2.45) is 5.73 Å². The molecule has 106 valence electrons. The van der Waals surface area contributed by atoms with E-state index in [9.17, 15) is 4.39 Å². The molecule has 3 nitrogen and oxygen atoms in total. The first-order chi connectivity index (χ1) is 9.65. The second kappa shape index (κ2) is 6.48. The van der Waals surface area contributed by atoms with Crippen LogP contribution in [0.2, 0.25) is 0 Å². The van der Waals surface area contributed by atoms with Crippen LogP contribution in [0.5, 0.6) is 0 Å². The van der Waals surface area contributed by atoms with Crippen molar-refractivity contribution >= 4 is 5.69 Å². The van der Waals surface area contributed by atoms with Gasteiger partial charge in [-0.15, -0.1) is 0 Å². The maximum Gasteiger partial charge on any atom is 0.125 e. The van der Waals surface area contributed by atoms with E-state index < -0.39 is 0 Å². The summed E-state index contributed by atoms with van der Waals surface area (Å²) in [5.74, 6) is -0.237. The SMILES string of the molecule is CCN(c1cccc(F)c1)C(CN)c1ccc(C)nc1. The Morgan fingerprint density at radius 3 is 2.65 bits per heavy atom. The zero-order valence-corrected chi connectivity index (χ0v) is 11.9. The number of rotatable bonds is 5. The molecule has 0 spiro atoms. The smallest absolute Gasteiger partial charge is 0.125 e. The monoisotopic (exact) mass is 273 g/mol. The van der Waals surface area contributed by atoms with Gasteiger partial charge in [-0.1, -0.05) is 12.1 Å². The molecular formula is C16H20FN3. The summed E-state index contributed by atoms with van der Waals surface area (Å²) in [7, 11) is 0. The number of nitrogens with zero attached hydrogens (tertiary/aromatic N) is 2. The molecule has 1 atom stereocenters. The number of pyridine rings is 1. The minimum Gasteiger partial charge on any atom is -0.363 e. The maximum absolute atomic E-state index is 13.4. The molecule has 0 saturated heterocycles. The molecule has 2 rings (SSSR count). The van der Waals surface area contributed by atoms with Gasteiger partial charge in [0.15, 0.2) is 0 Å². The second-order valence-corrected chi connectivity index (χ2v) is 4.75. The van der Waals surface area contributed by atoms with Gasteiger partial charge in [0.1, 0.15) is 5.82 Å². The first kappa shape index (κ1) is 14.5.